The van der Waals surface area contributed by atoms with E-state index in [0.717, 1.165) is 46.7 Å². The van der Waals surface area contributed by atoms with Crippen molar-refractivity contribution in [3.63, 3.8) is 0 Å². The number of anilines is 1. The van der Waals surface area contributed by atoms with Gasteiger partial charge in [-0.05, 0) is 50.6 Å². The van der Waals surface area contributed by atoms with Crippen LogP contribution in [0, 0.1) is 0 Å². The molecule has 4 rings (SSSR count). The summed E-state index contributed by atoms with van der Waals surface area (Å²) in [4.78, 5) is 6.56. The summed E-state index contributed by atoms with van der Waals surface area (Å²) in [7, 11) is 0. The summed E-state index contributed by atoms with van der Waals surface area (Å²) in [5, 5.41) is 18.4. The van der Waals surface area contributed by atoms with Crippen LogP contribution in [0.15, 0.2) is 36.5 Å². The number of β-amino-alcohol motifs (C(OH)–C–C–N with tert-alkyl or cyclic N) is 1. The second-order valence-electron chi connectivity index (χ2n) is 6.74. The highest BCUT2D eigenvalue weighted by molar-refractivity contribution is 5.94. The number of nitrogens with zero attached hydrogens (tertiary/aromatic N) is 3. The zero-order valence-corrected chi connectivity index (χ0v) is 14.4. The van der Waals surface area contributed by atoms with Crippen LogP contribution in [-0.4, -0.2) is 45.6 Å². The molecule has 0 bridgehead atoms. The number of nitrogens with one attached hydrogen (secondary N) is 1. The molecule has 3 aromatic rings. The van der Waals surface area contributed by atoms with Crippen molar-refractivity contribution >= 4 is 16.7 Å². The number of pyridine rings is 1. The number of aliphatic hydroxyl groups is 1. The standard InChI is InChI=1S/C19H22N4O2/c1-12(2)25-15-3-4-17-16(10-15)19(22-21-17)13-5-7-20-18(9-13)23-8-6-14(24)11-23/h3-5,7,9-10,12,14,24H,6,8,11H2,1-2H3,(H,21,22)/t14-/m0/s1. The molecule has 0 aliphatic carbocycles. The number of ether oxygens (including phenoxy) is 1. The first kappa shape index (κ1) is 15.9. The zero-order valence-electron chi connectivity index (χ0n) is 14.4. The van der Waals surface area contributed by atoms with Gasteiger partial charge in [0, 0.05) is 30.2 Å². The van der Waals surface area contributed by atoms with Gasteiger partial charge in [0.1, 0.15) is 17.3 Å². The Morgan fingerprint density at radius 1 is 1.28 bits per heavy atom. The van der Waals surface area contributed by atoms with Gasteiger partial charge in [0.2, 0.25) is 0 Å². The molecular weight excluding hydrogens is 316 g/mol. The van der Waals surface area contributed by atoms with E-state index in [9.17, 15) is 5.11 Å². The van der Waals surface area contributed by atoms with Crippen LogP contribution in [0.5, 0.6) is 5.75 Å². The van der Waals surface area contributed by atoms with E-state index in [2.05, 4.69) is 20.1 Å². The number of aromatic nitrogens is 3. The second-order valence-corrected chi connectivity index (χ2v) is 6.74. The molecule has 6 nitrogen and oxygen atoms in total. The largest absolute Gasteiger partial charge is 0.491 e. The number of aromatic amines is 1. The van der Waals surface area contributed by atoms with Crippen molar-refractivity contribution in [1.29, 1.82) is 0 Å². The predicted octanol–water partition coefficient (Wildman–Crippen LogP) is 2.98. The van der Waals surface area contributed by atoms with Gasteiger partial charge in [-0.3, -0.25) is 5.10 Å². The van der Waals surface area contributed by atoms with Gasteiger partial charge in [-0.1, -0.05) is 0 Å². The molecule has 1 atom stereocenters. The van der Waals surface area contributed by atoms with Crippen molar-refractivity contribution in [2.75, 3.05) is 18.0 Å². The highest BCUT2D eigenvalue weighted by atomic mass is 16.5. The number of rotatable bonds is 4. The molecule has 1 saturated heterocycles. The minimum Gasteiger partial charge on any atom is -0.491 e. The number of aliphatic hydroxyl groups excluding tert-OH is 1. The van der Waals surface area contributed by atoms with Gasteiger partial charge in [-0.25, -0.2) is 4.98 Å². The lowest BCUT2D eigenvalue weighted by molar-refractivity contribution is 0.198. The van der Waals surface area contributed by atoms with Gasteiger partial charge < -0.3 is 14.7 Å². The van der Waals surface area contributed by atoms with Crippen molar-refractivity contribution in [3.05, 3.63) is 36.5 Å². The molecule has 1 aliphatic heterocycles. The molecule has 2 aromatic heterocycles. The van der Waals surface area contributed by atoms with E-state index in [1.807, 2.05) is 44.2 Å². The zero-order chi connectivity index (χ0) is 17.4. The van der Waals surface area contributed by atoms with Crippen molar-refractivity contribution in [2.45, 2.75) is 32.5 Å². The maximum atomic E-state index is 9.76. The lowest BCUT2D eigenvalue weighted by atomic mass is 10.1. The van der Waals surface area contributed by atoms with Crippen LogP contribution in [0.3, 0.4) is 0 Å². The quantitative estimate of drug-likeness (QED) is 0.765. The van der Waals surface area contributed by atoms with E-state index < -0.39 is 0 Å². The van der Waals surface area contributed by atoms with E-state index in [1.165, 1.54) is 0 Å². The van der Waals surface area contributed by atoms with Crippen LogP contribution < -0.4 is 9.64 Å². The van der Waals surface area contributed by atoms with Crippen molar-refractivity contribution in [3.8, 4) is 17.0 Å². The Kier molecular flexibility index (Phi) is 4.05. The van der Waals surface area contributed by atoms with E-state index in [0.29, 0.717) is 6.54 Å². The minimum absolute atomic E-state index is 0.127. The molecule has 130 valence electrons. The smallest absolute Gasteiger partial charge is 0.129 e. The average molecular weight is 338 g/mol. The average Bonchev–Trinajstić information content (AvgIpc) is 3.20. The summed E-state index contributed by atoms with van der Waals surface area (Å²) in [6.07, 6.45) is 2.44. The maximum Gasteiger partial charge on any atom is 0.129 e. The van der Waals surface area contributed by atoms with E-state index in [4.69, 9.17) is 4.74 Å². The van der Waals surface area contributed by atoms with E-state index >= 15 is 0 Å². The number of fused-ring (bicyclic) bond motifs is 1. The van der Waals surface area contributed by atoms with Crippen LogP contribution >= 0.6 is 0 Å². The van der Waals surface area contributed by atoms with Gasteiger partial charge in [0.15, 0.2) is 0 Å². The maximum absolute atomic E-state index is 9.76. The third kappa shape index (κ3) is 3.17. The number of hydrogen-bond donors (Lipinski definition) is 2. The summed E-state index contributed by atoms with van der Waals surface area (Å²) in [6, 6.07) is 9.95. The van der Waals surface area contributed by atoms with Crippen molar-refractivity contribution in [1.82, 2.24) is 15.2 Å². The molecule has 6 heteroatoms. The first-order valence-electron chi connectivity index (χ1n) is 8.64. The number of hydrogen-bond acceptors (Lipinski definition) is 5. The summed E-state index contributed by atoms with van der Waals surface area (Å²) < 4.78 is 5.81. The molecule has 0 spiro atoms. The topological polar surface area (TPSA) is 74.3 Å². The molecule has 2 N–H and O–H groups in total. The lowest BCUT2D eigenvalue weighted by Crippen LogP contribution is -2.22. The fraction of sp³-hybridized carbons (Fsp3) is 0.368. The molecule has 0 unspecified atom stereocenters. The molecule has 1 aliphatic rings. The summed E-state index contributed by atoms with van der Waals surface area (Å²) in [6.45, 7) is 5.48. The minimum atomic E-state index is -0.271. The van der Waals surface area contributed by atoms with Gasteiger partial charge in [-0.2, -0.15) is 5.10 Å². The van der Waals surface area contributed by atoms with Crippen LogP contribution in [0.25, 0.3) is 22.2 Å². The fourth-order valence-corrected chi connectivity index (χ4v) is 3.25. The molecule has 0 saturated carbocycles. The molecule has 1 fully saturated rings. The summed E-state index contributed by atoms with van der Waals surface area (Å²) >= 11 is 0. The highest BCUT2D eigenvalue weighted by Crippen LogP contribution is 2.31. The van der Waals surface area contributed by atoms with Gasteiger partial charge in [-0.15, -0.1) is 0 Å². The fourth-order valence-electron chi connectivity index (χ4n) is 3.25. The first-order chi connectivity index (χ1) is 12.1. The Bertz CT molecular complexity index is 890. The molecule has 0 amide bonds. The Labute approximate surface area is 146 Å². The molecule has 0 radical (unpaired) electrons. The lowest BCUT2D eigenvalue weighted by Gasteiger charge is -2.16. The van der Waals surface area contributed by atoms with E-state index in [1.54, 1.807) is 6.20 Å². The summed E-state index contributed by atoms with van der Waals surface area (Å²) in [5.41, 5.74) is 2.85. The highest BCUT2D eigenvalue weighted by Gasteiger charge is 2.22. The number of benzene rings is 1. The Morgan fingerprint density at radius 2 is 2.16 bits per heavy atom. The summed E-state index contributed by atoms with van der Waals surface area (Å²) in [5.74, 6) is 1.71. The van der Waals surface area contributed by atoms with Gasteiger partial charge >= 0.3 is 0 Å². The Morgan fingerprint density at radius 3 is 2.92 bits per heavy atom. The third-order valence-electron chi connectivity index (χ3n) is 4.41. The monoisotopic (exact) mass is 338 g/mol. The van der Waals surface area contributed by atoms with Crippen molar-refractivity contribution in [2.24, 2.45) is 0 Å². The molecular formula is C19H22N4O2. The van der Waals surface area contributed by atoms with Crippen LogP contribution in [0.4, 0.5) is 5.82 Å². The first-order valence-corrected chi connectivity index (χ1v) is 8.64. The molecule has 1 aromatic carbocycles. The van der Waals surface area contributed by atoms with Gasteiger partial charge in [0.25, 0.3) is 0 Å². The third-order valence-corrected chi connectivity index (χ3v) is 4.41. The second kappa shape index (κ2) is 6.37. The SMILES string of the molecule is CC(C)Oc1ccc2[nH]nc(-c3ccnc(N4CC[C@H](O)C4)c3)c2c1. The van der Waals surface area contributed by atoms with Crippen LogP contribution in [0.1, 0.15) is 20.3 Å². The van der Waals surface area contributed by atoms with Crippen LogP contribution in [-0.2, 0) is 0 Å². The van der Waals surface area contributed by atoms with Crippen molar-refractivity contribution < 1.29 is 9.84 Å². The normalized spacial score (nSPS) is 17.6. The molecule has 25 heavy (non-hydrogen) atoms. The Hall–Kier alpha value is -2.60. The number of H-pyrrole nitrogens is 1. The van der Waals surface area contributed by atoms with Crippen LogP contribution in [0.2, 0.25) is 0 Å². The Balaban J connectivity index is 1.71. The molecule has 3 heterocycles. The van der Waals surface area contributed by atoms with Gasteiger partial charge in [0.05, 0.1) is 17.7 Å². The predicted molar refractivity (Wildman–Crippen MR) is 97.9 cm³/mol. The van der Waals surface area contributed by atoms with E-state index in [-0.39, 0.29) is 12.2 Å².